The van der Waals surface area contributed by atoms with Crippen LogP contribution in [0.3, 0.4) is 0 Å². The molecule has 29 heavy (non-hydrogen) atoms. The van der Waals surface area contributed by atoms with Crippen molar-refractivity contribution in [1.82, 2.24) is 4.72 Å². The highest BCUT2D eigenvalue weighted by atomic mass is 32.2. The van der Waals surface area contributed by atoms with E-state index in [0.29, 0.717) is 0 Å². The van der Waals surface area contributed by atoms with Crippen molar-refractivity contribution in [3.05, 3.63) is 83.9 Å². The average molecular weight is 408 g/mol. The molecule has 0 fully saturated rings. The van der Waals surface area contributed by atoms with E-state index in [4.69, 9.17) is 0 Å². The second-order valence-corrected chi connectivity index (χ2v) is 8.38. The molecule has 148 valence electrons. The first-order valence-electron chi connectivity index (χ1n) is 8.82. The molecule has 3 aromatic rings. The SMILES string of the molecule is C/C(=C/C(=O)Nc1ccccc1C(=O)NS(C)(=O)=O)c1ccc2ccccc2c1. The fourth-order valence-electron chi connectivity index (χ4n) is 2.90. The summed E-state index contributed by atoms with van der Waals surface area (Å²) in [6, 6.07) is 20.1. The fraction of sp³-hybridized carbons (Fsp3) is 0.0909. The minimum Gasteiger partial charge on any atom is -0.322 e. The minimum atomic E-state index is -3.71. The summed E-state index contributed by atoms with van der Waals surface area (Å²) in [5, 5.41) is 4.82. The lowest BCUT2D eigenvalue weighted by Gasteiger charge is -2.10. The summed E-state index contributed by atoms with van der Waals surface area (Å²) in [6.45, 7) is 1.83. The van der Waals surface area contributed by atoms with Crippen LogP contribution in [0.5, 0.6) is 0 Å². The van der Waals surface area contributed by atoms with Crippen LogP contribution in [0, 0.1) is 0 Å². The molecule has 0 aliphatic rings. The highest BCUT2D eigenvalue weighted by Gasteiger charge is 2.16. The topological polar surface area (TPSA) is 92.3 Å². The van der Waals surface area contributed by atoms with Crippen LogP contribution in [0.4, 0.5) is 5.69 Å². The number of rotatable bonds is 5. The lowest BCUT2D eigenvalue weighted by molar-refractivity contribution is -0.111. The first kappa shape index (κ1) is 20.3. The number of carbonyl (C=O) groups is 2. The molecule has 0 bridgehead atoms. The Balaban J connectivity index is 1.82. The van der Waals surface area contributed by atoms with Crippen molar-refractivity contribution in [1.29, 1.82) is 0 Å². The summed E-state index contributed by atoms with van der Waals surface area (Å²) in [4.78, 5) is 24.7. The number of amides is 2. The number of anilines is 1. The molecule has 0 saturated carbocycles. The highest BCUT2D eigenvalue weighted by Crippen LogP contribution is 2.21. The van der Waals surface area contributed by atoms with E-state index in [1.54, 1.807) is 12.1 Å². The summed E-state index contributed by atoms with van der Waals surface area (Å²) in [7, 11) is -3.71. The monoisotopic (exact) mass is 408 g/mol. The summed E-state index contributed by atoms with van der Waals surface area (Å²) < 4.78 is 24.5. The van der Waals surface area contributed by atoms with E-state index in [9.17, 15) is 18.0 Å². The fourth-order valence-corrected chi connectivity index (χ4v) is 3.34. The Bertz CT molecular complexity index is 1230. The van der Waals surface area contributed by atoms with Gasteiger partial charge in [0.1, 0.15) is 0 Å². The first-order chi connectivity index (χ1) is 13.7. The van der Waals surface area contributed by atoms with Gasteiger partial charge in [-0.15, -0.1) is 0 Å². The second-order valence-electron chi connectivity index (χ2n) is 6.63. The van der Waals surface area contributed by atoms with Crippen LogP contribution >= 0.6 is 0 Å². The summed E-state index contributed by atoms with van der Waals surface area (Å²) in [5.41, 5.74) is 1.94. The number of allylic oxidation sites excluding steroid dienone is 1. The predicted octanol–water partition coefficient (Wildman–Crippen LogP) is 3.57. The van der Waals surface area contributed by atoms with Crippen molar-refractivity contribution >= 4 is 43.9 Å². The van der Waals surface area contributed by atoms with Gasteiger partial charge in [-0.25, -0.2) is 13.1 Å². The molecule has 0 heterocycles. The third-order valence-corrected chi connectivity index (χ3v) is 4.82. The van der Waals surface area contributed by atoms with Crippen molar-refractivity contribution in [3.63, 3.8) is 0 Å². The molecule has 0 saturated heterocycles. The number of benzene rings is 3. The predicted molar refractivity (Wildman–Crippen MR) is 115 cm³/mol. The van der Waals surface area contributed by atoms with Crippen LogP contribution in [0.15, 0.2) is 72.8 Å². The first-order valence-corrected chi connectivity index (χ1v) is 10.7. The van der Waals surface area contributed by atoms with E-state index in [2.05, 4.69) is 5.32 Å². The van der Waals surface area contributed by atoms with Gasteiger partial charge in [0.15, 0.2) is 0 Å². The molecular formula is C22H20N2O4S. The van der Waals surface area contributed by atoms with Crippen LogP contribution in [0.25, 0.3) is 16.3 Å². The van der Waals surface area contributed by atoms with E-state index in [1.807, 2.05) is 54.1 Å². The van der Waals surface area contributed by atoms with E-state index in [1.165, 1.54) is 18.2 Å². The van der Waals surface area contributed by atoms with Crippen molar-refractivity contribution in [2.24, 2.45) is 0 Å². The molecule has 2 amide bonds. The zero-order valence-electron chi connectivity index (χ0n) is 16.0. The quantitative estimate of drug-likeness (QED) is 0.631. The van der Waals surface area contributed by atoms with Gasteiger partial charge in [0.05, 0.1) is 17.5 Å². The molecule has 0 aliphatic carbocycles. The lowest BCUT2D eigenvalue weighted by atomic mass is 10.0. The van der Waals surface area contributed by atoms with Crippen molar-refractivity contribution in [2.45, 2.75) is 6.92 Å². The molecule has 3 aromatic carbocycles. The minimum absolute atomic E-state index is 0.0584. The lowest BCUT2D eigenvalue weighted by Crippen LogP contribution is -2.30. The Morgan fingerprint density at radius 3 is 2.28 bits per heavy atom. The van der Waals surface area contributed by atoms with E-state index in [-0.39, 0.29) is 11.3 Å². The molecule has 3 rings (SSSR count). The molecule has 0 atom stereocenters. The maximum Gasteiger partial charge on any atom is 0.266 e. The number of nitrogens with one attached hydrogen (secondary N) is 2. The van der Waals surface area contributed by atoms with Crippen LogP contribution in [-0.2, 0) is 14.8 Å². The molecule has 6 nitrogen and oxygen atoms in total. The van der Waals surface area contributed by atoms with E-state index >= 15 is 0 Å². The molecule has 0 radical (unpaired) electrons. The summed E-state index contributed by atoms with van der Waals surface area (Å²) in [5.74, 6) is -1.23. The Morgan fingerprint density at radius 1 is 0.897 bits per heavy atom. The summed E-state index contributed by atoms with van der Waals surface area (Å²) in [6.07, 6.45) is 2.33. The molecule has 0 spiro atoms. The van der Waals surface area contributed by atoms with Gasteiger partial charge < -0.3 is 5.32 Å². The number of hydrogen-bond acceptors (Lipinski definition) is 4. The molecular weight excluding hydrogens is 388 g/mol. The van der Waals surface area contributed by atoms with Gasteiger partial charge in [-0.2, -0.15) is 0 Å². The maximum absolute atomic E-state index is 12.5. The molecule has 0 unspecified atom stereocenters. The van der Waals surface area contributed by atoms with Gasteiger partial charge in [0.2, 0.25) is 15.9 Å². The normalized spacial score (nSPS) is 11.9. The third kappa shape index (κ3) is 5.30. The number of carbonyl (C=O) groups excluding carboxylic acids is 2. The maximum atomic E-state index is 12.5. The molecule has 2 N–H and O–H groups in total. The molecule has 0 aromatic heterocycles. The van der Waals surface area contributed by atoms with Gasteiger partial charge in [-0.05, 0) is 47.0 Å². The van der Waals surface area contributed by atoms with Crippen LogP contribution < -0.4 is 10.0 Å². The van der Waals surface area contributed by atoms with E-state index in [0.717, 1.165) is 28.2 Å². The third-order valence-electron chi connectivity index (χ3n) is 4.26. The van der Waals surface area contributed by atoms with Gasteiger partial charge >= 0.3 is 0 Å². The van der Waals surface area contributed by atoms with Crippen LogP contribution in [-0.4, -0.2) is 26.5 Å². The van der Waals surface area contributed by atoms with Crippen molar-refractivity contribution in [3.8, 4) is 0 Å². The number of fused-ring (bicyclic) bond motifs is 1. The Labute approximate surface area is 169 Å². The zero-order chi connectivity index (χ0) is 21.0. The van der Waals surface area contributed by atoms with Gasteiger partial charge in [0.25, 0.3) is 5.91 Å². The van der Waals surface area contributed by atoms with Gasteiger partial charge in [-0.1, -0.05) is 48.5 Å². The van der Waals surface area contributed by atoms with Crippen molar-refractivity contribution in [2.75, 3.05) is 11.6 Å². The van der Waals surface area contributed by atoms with E-state index < -0.39 is 21.8 Å². The Hall–Kier alpha value is -3.45. The highest BCUT2D eigenvalue weighted by molar-refractivity contribution is 7.89. The number of sulfonamides is 1. The average Bonchev–Trinajstić information content (AvgIpc) is 2.66. The molecule has 0 aliphatic heterocycles. The smallest absolute Gasteiger partial charge is 0.266 e. The van der Waals surface area contributed by atoms with Gasteiger partial charge in [-0.3, -0.25) is 9.59 Å². The van der Waals surface area contributed by atoms with Crippen LogP contribution in [0.2, 0.25) is 0 Å². The standard InChI is InChI=1S/C22H20N2O4S/c1-15(17-12-11-16-7-3-4-8-18(16)14-17)13-21(25)23-20-10-6-5-9-19(20)22(26)24-29(2,27)28/h3-14H,1-2H3,(H,23,25)(H,24,26)/b15-13-. The van der Waals surface area contributed by atoms with Gasteiger partial charge in [0, 0.05) is 6.08 Å². The van der Waals surface area contributed by atoms with Crippen molar-refractivity contribution < 1.29 is 18.0 Å². The zero-order valence-corrected chi connectivity index (χ0v) is 16.8. The number of hydrogen-bond donors (Lipinski definition) is 2. The number of para-hydroxylation sites is 1. The summed E-state index contributed by atoms with van der Waals surface area (Å²) >= 11 is 0. The Kier molecular flexibility index (Phi) is 5.79. The second kappa shape index (κ2) is 8.28. The molecule has 7 heteroatoms. The largest absolute Gasteiger partial charge is 0.322 e. The van der Waals surface area contributed by atoms with Crippen LogP contribution in [0.1, 0.15) is 22.8 Å². The Morgan fingerprint density at radius 2 is 1.55 bits per heavy atom.